The molecular weight excluding hydrogens is 386 g/mol. The average molecular weight is 410 g/mol. The van der Waals surface area contributed by atoms with Crippen LogP contribution in [0.2, 0.25) is 0 Å². The molecule has 29 heavy (non-hydrogen) atoms. The van der Waals surface area contributed by atoms with Crippen molar-refractivity contribution in [2.24, 2.45) is 5.92 Å². The molecule has 0 unspecified atom stereocenters. The van der Waals surface area contributed by atoms with Crippen molar-refractivity contribution in [2.75, 3.05) is 38.8 Å². The first-order valence-corrected chi connectivity index (χ1v) is 10.6. The second kappa shape index (κ2) is 7.22. The number of anilines is 1. The number of benzene rings is 2. The fraction of sp³-hybridized carbons (Fsp3) is 0.364. The number of fused-ring (bicyclic) bond motifs is 2. The number of hydrogen-bond donors (Lipinski definition) is 0. The van der Waals surface area contributed by atoms with Crippen molar-refractivity contribution in [3.8, 4) is 11.5 Å². The molecule has 2 aromatic carbocycles. The number of hydrogen-bond acceptors (Lipinski definition) is 6. The minimum absolute atomic E-state index is 0.0451. The van der Waals surface area contributed by atoms with E-state index in [1.165, 1.54) is 11.1 Å². The third kappa shape index (κ3) is 3.19. The highest BCUT2D eigenvalue weighted by Crippen LogP contribution is 2.37. The summed E-state index contributed by atoms with van der Waals surface area (Å²) in [6.07, 6.45) is 0.881. The molecule has 150 valence electrons. The molecule has 0 bridgehead atoms. The van der Waals surface area contributed by atoms with Gasteiger partial charge in [0.25, 0.3) is 0 Å². The molecule has 5 rings (SSSR count). The number of carbonyl (C=O) groups is 1. The Hall–Kier alpha value is -2.80. The zero-order valence-electron chi connectivity index (χ0n) is 16.6. The Morgan fingerprint density at radius 2 is 2.00 bits per heavy atom. The Balaban J connectivity index is 1.24. The summed E-state index contributed by atoms with van der Waals surface area (Å²) in [6, 6.07) is 12.1. The third-order valence-electron chi connectivity index (χ3n) is 5.83. The Morgan fingerprint density at radius 3 is 2.79 bits per heavy atom. The van der Waals surface area contributed by atoms with E-state index < -0.39 is 0 Å². The number of amides is 1. The van der Waals surface area contributed by atoms with Gasteiger partial charge >= 0.3 is 0 Å². The van der Waals surface area contributed by atoms with Gasteiger partial charge in [0.2, 0.25) is 5.91 Å². The van der Waals surface area contributed by atoms with Crippen molar-refractivity contribution in [1.29, 1.82) is 0 Å². The van der Waals surface area contributed by atoms with Crippen LogP contribution >= 0.6 is 11.3 Å². The first-order valence-electron chi connectivity index (χ1n) is 9.79. The first-order chi connectivity index (χ1) is 14.2. The van der Waals surface area contributed by atoms with Crippen LogP contribution in [0.15, 0.2) is 36.4 Å². The molecule has 1 amide bonds. The molecule has 2 aliphatic rings. The van der Waals surface area contributed by atoms with Crippen LogP contribution in [-0.2, 0) is 17.8 Å². The van der Waals surface area contributed by atoms with Crippen LogP contribution in [0.5, 0.6) is 11.5 Å². The minimum atomic E-state index is 0.0451. The van der Waals surface area contributed by atoms with E-state index in [0.29, 0.717) is 6.54 Å². The first kappa shape index (κ1) is 18.2. The normalized spacial score (nSPS) is 16.5. The molecule has 1 saturated heterocycles. The van der Waals surface area contributed by atoms with Gasteiger partial charge in [0.15, 0.2) is 5.13 Å². The third-order valence-corrected chi connectivity index (χ3v) is 6.91. The molecule has 1 aromatic heterocycles. The SMILES string of the molecule is COc1ccc2c(c1)CCN(C(=O)C1CN(c3nc4c(OC)cccc4s3)C1)C2. The summed E-state index contributed by atoms with van der Waals surface area (Å²) in [5.74, 6) is 1.97. The lowest BCUT2D eigenvalue weighted by molar-refractivity contribution is -0.137. The molecule has 0 saturated carbocycles. The van der Waals surface area contributed by atoms with Gasteiger partial charge in [-0.15, -0.1) is 0 Å². The van der Waals surface area contributed by atoms with E-state index in [-0.39, 0.29) is 11.8 Å². The van der Waals surface area contributed by atoms with Crippen LogP contribution in [0.25, 0.3) is 10.2 Å². The van der Waals surface area contributed by atoms with E-state index in [9.17, 15) is 4.79 Å². The predicted molar refractivity (Wildman–Crippen MR) is 114 cm³/mol. The molecule has 0 radical (unpaired) electrons. The van der Waals surface area contributed by atoms with Crippen molar-refractivity contribution in [3.05, 3.63) is 47.5 Å². The van der Waals surface area contributed by atoms with Gasteiger partial charge in [-0.3, -0.25) is 4.79 Å². The molecule has 0 N–H and O–H groups in total. The van der Waals surface area contributed by atoms with Crippen LogP contribution in [-0.4, -0.2) is 49.6 Å². The van der Waals surface area contributed by atoms with Gasteiger partial charge in [-0.2, -0.15) is 0 Å². The van der Waals surface area contributed by atoms with E-state index in [0.717, 1.165) is 52.9 Å². The number of methoxy groups -OCH3 is 2. The van der Waals surface area contributed by atoms with E-state index in [1.807, 2.05) is 23.1 Å². The summed E-state index contributed by atoms with van der Waals surface area (Å²) in [7, 11) is 3.35. The molecule has 0 spiro atoms. The van der Waals surface area contributed by atoms with Crippen molar-refractivity contribution in [3.63, 3.8) is 0 Å². The van der Waals surface area contributed by atoms with E-state index in [4.69, 9.17) is 14.5 Å². The average Bonchev–Trinajstić information content (AvgIpc) is 3.15. The van der Waals surface area contributed by atoms with Gasteiger partial charge in [0.05, 0.1) is 24.8 Å². The van der Waals surface area contributed by atoms with Gasteiger partial charge in [-0.05, 0) is 41.8 Å². The van der Waals surface area contributed by atoms with Gasteiger partial charge < -0.3 is 19.3 Å². The topological polar surface area (TPSA) is 54.9 Å². The zero-order valence-corrected chi connectivity index (χ0v) is 17.4. The maximum atomic E-state index is 13.0. The quantitative estimate of drug-likeness (QED) is 0.662. The maximum Gasteiger partial charge on any atom is 0.229 e. The summed E-state index contributed by atoms with van der Waals surface area (Å²) < 4.78 is 11.8. The van der Waals surface area contributed by atoms with Gasteiger partial charge in [-0.25, -0.2) is 4.98 Å². The largest absolute Gasteiger partial charge is 0.497 e. The molecule has 1 fully saturated rings. The Morgan fingerprint density at radius 1 is 1.14 bits per heavy atom. The van der Waals surface area contributed by atoms with Crippen LogP contribution in [0.4, 0.5) is 5.13 Å². The molecule has 2 aliphatic heterocycles. The van der Waals surface area contributed by atoms with Crippen LogP contribution in [0.1, 0.15) is 11.1 Å². The molecule has 3 aromatic rings. The number of rotatable bonds is 4. The van der Waals surface area contributed by atoms with E-state index in [1.54, 1.807) is 25.6 Å². The number of ether oxygens (including phenoxy) is 2. The van der Waals surface area contributed by atoms with E-state index >= 15 is 0 Å². The fourth-order valence-corrected chi connectivity index (χ4v) is 5.11. The lowest BCUT2D eigenvalue weighted by atomic mass is 9.95. The zero-order chi connectivity index (χ0) is 20.0. The standard InChI is InChI=1S/C22H23N3O3S/c1-27-17-7-6-15-11-24(9-8-14(15)10-17)21(26)16-12-25(13-16)22-23-20-18(28-2)4-3-5-19(20)29-22/h3-7,10,16H,8-9,11-13H2,1-2H3. The lowest BCUT2D eigenvalue weighted by Crippen LogP contribution is -2.55. The van der Waals surface area contributed by atoms with Gasteiger partial charge in [0, 0.05) is 26.2 Å². The highest BCUT2D eigenvalue weighted by atomic mass is 32.1. The highest BCUT2D eigenvalue weighted by Gasteiger charge is 2.37. The Labute approximate surface area is 173 Å². The minimum Gasteiger partial charge on any atom is -0.497 e. The van der Waals surface area contributed by atoms with Gasteiger partial charge in [-0.1, -0.05) is 23.5 Å². The summed E-state index contributed by atoms with van der Waals surface area (Å²) in [4.78, 5) is 21.9. The van der Waals surface area contributed by atoms with Crippen LogP contribution in [0, 0.1) is 5.92 Å². The Kier molecular flexibility index (Phi) is 4.54. The monoisotopic (exact) mass is 409 g/mol. The van der Waals surface area contributed by atoms with Crippen LogP contribution < -0.4 is 14.4 Å². The number of nitrogens with zero attached hydrogens (tertiary/aromatic N) is 3. The summed E-state index contributed by atoms with van der Waals surface area (Å²) >= 11 is 1.65. The number of aromatic nitrogens is 1. The molecule has 7 heteroatoms. The molecule has 0 atom stereocenters. The number of thiazole rings is 1. The number of para-hydroxylation sites is 1. The number of carbonyl (C=O) groups excluding carboxylic acids is 1. The predicted octanol–water partition coefficient (Wildman–Crippen LogP) is 3.33. The Bertz CT molecular complexity index is 1070. The maximum absolute atomic E-state index is 13.0. The molecule has 0 aliphatic carbocycles. The van der Waals surface area contributed by atoms with Crippen molar-refractivity contribution < 1.29 is 14.3 Å². The summed E-state index contributed by atoms with van der Waals surface area (Å²) in [6.45, 7) is 2.92. The van der Waals surface area contributed by atoms with Crippen LogP contribution in [0.3, 0.4) is 0 Å². The molecule has 3 heterocycles. The molecular formula is C22H23N3O3S. The smallest absolute Gasteiger partial charge is 0.229 e. The van der Waals surface area contributed by atoms with Crippen molar-refractivity contribution in [1.82, 2.24) is 9.88 Å². The second-order valence-corrected chi connectivity index (χ2v) is 8.56. The fourth-order valence-electron chi connectivity index (χ4n) is 4.11. The van der Waals surface area contributed by atoms with Gasteiger partial charge in [0.1, 0.15) is 17.0 Å². The van der Waals surface area contributed by atoms with E-state index in [2.05, 4.69) is 23.1 Å². The second-order valence-electron chi connectivity index (χ2n) is 7.55. The molecule has 6 nitrogen and oxygen atoms in total. The highest BCUT2D eigenvalue weighted by molar-refractivity contribution is 7.22. The summed E-state index contributed by atoms with van der Waals surface area (Å²) in [5.41, 5.74) is 3.40. The summed E-state index contributed by atoms with van der Waals surface area (Å²) in [5, 5.41) is 0.963. The lowest BCUT2D eigenvalue weighted by Gasteiger charge is -2.41. The van der Waals surface area contributed by atoms with Crippen molar-refractivity contribution >= 4 is 32.6 Å². The van der Waals surface area contributed by atoms with Crippen molar-refractivity contribution in [2.45, 2.75) is 13.0 Å².